The van der Waals surface area contributed by atoms with Crippen LogP contribution < -0.4 is 25.6 Å². The van der Waals surface area contributed by atoms with Crippen molar-refractivity contribution in [2.45, 2.75) is 6.92 Å². The van der Waals surface area contributed by atoms with Gasteiger partial charge >= 0.3 is 12.1 Å². The molecule has 0 heterocycles. The number of amides is 4. The summed E-state index contributed by atoms with van der Waals surface area (Å²) in [5.41, 5.74) is 3.12. The fourth-order valence-electron chi connectivity index (χ4n) is 3.48. The van der Waals surface area contributed by atoms with Gasteiger partial charge in [-0.2, -0.15) is 0 Å². The molecule has 0 saturated heterocycles. The molecule has 37 heavy (non-hydrogen) atoms. The Bertz CT molecular complexity index is 1310. The minimum absolute atomic E-state index is 0.242. The zero-order valence-electron chi connectivity index (χ0n) is 20.3. The van der Waals surface area contributed by atoms with E-state index >= 15 is 0 Å². The van der Waals surface area contributed by atoms with Crippen LogP contribution in [0.25, 0.3) is 0 Å². The Hall–Kier alpha value is -4.30. The Morgan fingerprint density at radius 3 is 2.03 bits per heavy atom. The Kier molecular flexibility index (Phi) is 8.78. The fourth-order valence-corrected chi connectivity index (χ4v) is 3.75. The number of carbonyl (C=O) groups is 2. The van der Waals surface area contributed by atoms with Gasteiger partial charge in [0.1, 0.15) is 11.5 Å². The molecule has 0 aromatic heterocycles. The minimum Gasteiger partial charge on any atom is -0.457 e. The molecule has 7 nitrogen and oxygen atoms in total. The van der Waals surface area contributed by atoms with E-state index < -0.39 is 0 Å². The molecule has 4 aromatic rings. The van der Waals surface area contributed by atoms with Crippen LogP contribution in [-0.4, -0.2) is 25.2 Å². The SMILES string of the molecule is Cc1ccc(NC(=O)N(CCNC(=O)Nc2ccc(Br)cc2)c2ccc(Oc3ccccc3)cc2)cc1. The van der Waals surface area contributed by atoms with E-state index in [2.05, 4.69) is 31.9 Å². The maximum Gasteiger partial charge on any atom is 0.326 e. The number of anilines is 3. The summed E-state index contributed by atoms with van der Waals surface area (Å²) in [6.45, 7) is 2.48. The van der Waals surface area contributed by atoms with Gasteiger partial charge in [-0.25, -0.2) is 9.59 Å². The first-order valence-electron chi connectivity index (χ1n) is 11.7. The first kappa shape index (κ1) is 25.8. The summed E-state index contributed by atoms with van der Waals surface area (Å²) >= 11 is 3.37. The number of hydrogen-bond acceptors (Lipinski definition) is 3. The molecular formula is C29H27BrN4O3. The van der Waals surface area contributed by atoms with Gasteiger partial charge in [-0.05, 0) is 79.7 Å². The molecule has 0 fully saturated rings. The van der Waals surface area contributed by atoms with Gasteiger partial charge in [0.05, 0.1) is 0 Å². The average Bonchev–Trinajstić information content (AvgIpc) is 2.90. The third-order valence-corrected chi connectivity index (χ3v) is 5.93. The predicted molar refractivity (Wildman–Crippen MR) is 152 cm³/mol. The van der Waals surface area contributed by atoms with Crippen LogP contribution in [0.3, 0.4) is 0 Å². The first-order chi connectivity index (χ1) is 18.0. The van der Waals surface area contributed by atoms with Crippen LogP contribution in [0.5, 0.6) is 11.5 Å². The van der Waals surface area contributed by atoms with Gasteiger partial charge in [0.25, 0.3) is 0 Å². The Labute approximate surface area is 224 Å². The highest BCUT2D eigenvalue weighted by molar-refractivity contribution is 9.10. The summed E-state index contributed by atoms with van der Waals surface area (Å²) in [5.74, 6) is 1.38. The molecule has 4 amide bonds. The lowest BCUT2D eigenvalue weighted by Crippen LogP contribution is -2.42. The number of hydrogen-bond donors (Lipinski definition) is 3. The van der Waals surface area contributed by atoms with Crippen molar-refractivity contribution < 1.29 is 14.3 Å². The average molecular weight is 559 g/mol. The van der Waals surface area contributed by atoms with Crippen LogP contribution in [0.1, 0.15) is 5.56 Å². The summed E-state index contributed by atoms with van der Waals surface area (Å²) in [7, 11) is 0. The number of para-hydroxylation sites is 1. The summed E-state index contributed by atoms with van der Waals surface area (Å²) in [4.78, 5) is 27.2. The number of halogens is 1. The van der Waals surface area contributed by atoms with E-state index in [4.69, 9.17) is 4.74 Å². The molecule has 0 aliphatic heterocycles. The van der Waals surface area contributed by atoms with E-state index in [1.807, 2.05) is 97.9 Å². The van der Waals surface area contributed by atoms with Crippen LogP contribution >= 0.6 is 15.9 Å². The number of nitrogens with one attached hydrogen (secondary N) is 3. The van der Waals surface area contributed by atoms with Gasteiger partial charge in [-0.15, -0.1) is 0 Å². The summed E-state index contributed by atoms with van der Waals surface area (Å²) < 4.78 is 6.79. The molecule has 3 N–H and O–H groups in total. The molecule has 0 atom stereocenters. The Balaban J connectivity index is 1.42. The fraction of sp³-hybridized carbons (Fsp3) is 0.103. The molecule has 188 valence electrons. The molecule has 0 spiro atoms. The molecule has 0 saturated carbocycles. The quantitative estimate of drug-likeness (QED) is 0.210. The normalized spacial score (nSPS) is 10.3. The van der Waals surface area contributed by atoms with Crippen LogP contribution in [0, 0.1) is 6.92 Å². The molecule has 0 unspecified atom stereocenters. The van der Waals surface area contributed by atoms with Gasteiger partial charge in [0, 0.05) is 34.6 Å². The third kappa shape index (κ3) is 7.85. The second kappa shape index (κ2) is 12.6. The van der Waals surface area contributed by atoms with E-state index in [1.54, 1.807) is 17.0 Å². The molecule has 4 rings (SSSR count). The van der Waals surface area contributed by atoms with Crippen molar-refractivity contribution in [1.82, 2.24) is 5.32 Å². The molecule has 4 aromatic carbocycles. The zero-order valence-corrected chi connectivity index (χ0v) is 21.9. The molecule has 8 heteroatoms. The van der Waals surface area contributed by atoms with E-state index in [1.165, 1.54) is 0 Å². The lowest BCUT2D eigenvalue weighted by atomic mass is 10.2. The first-order valence-corrected chi connectivity index (χ1v) is 12.5. The van der Waals surface area contributed by atoms with Gasteiger partial charge in [-0.3, -0.25) is 4.90 Å². The molecule has 0 aliphatic carbocycles. The maximum atomic E-state index is 13.2. The van der Waals surface area contributed by atoms with Gasteiger partial charge in [0.15, 0.2) is 0 Å². The lowest BCUT2D eigenvalue weighted by Gasteiger charge is -2.24. The van der Waals surface area contributed by atoms with Crippen molar-refractivity contribution in [2.75, 3.05) is 28.6 Å². The van der Waals surface area contributed by atoms with Crippen molar-refractivity contribution >= 4 is 45.1 Å². The summed E-state index contributed by atoms with van der Waals surface area (Å²) in [5, 5.41) is 8.52. The molecular weight excluding hydrogens is 532 g/mol. The number of benzene rings is 4. The van der Waals surface area contributed by atoms with Crippen molar-refractivity contribution in [2.24, 2.45) is 0 Å². The summed E-state index contributed by atoms with van der Waals surface area (Å²) in [6.07, 6.45) is 0. The monoisotopic (exact) mass is 558 g/mol. The molecule has 0 aliphatic rings. The van der Waals surface area contributed by atoms with Gasteiger partial charge in [-0.1, -0.05) is 51.8 Å². The van der Waals surface area contributed by atoms with Crippen LogP contribution in [0.4, 0.5) is 26.7 Å². The highest BCUT2D eigenvalue weighted by atomic mass is 79.9. The summed E-state index contributed by atoms with van der Waals surface area (Å²) in [6, 6.07) is 30.9. The zero-order chi connectivity index (χ0) is 26.0. The second-order valence-corrected chi connectivity index (χ2v) is 9.16. The predicted octanol–water partition coefficient (Wildman–Crippen LogP) is 7.41. The Morgan fingerprint density at radius 2 is 1.35 bits per heavy atom. The van der Waals surface area contributed by atoms with Crippen molar-refractivity contribution in [3.05, 3.63) is 113 Å². The minimum atomic E-state index is -0.354. The van der Waals surface area contributed by atoms with E-state index in [-0.39, 0.29) is 25.2 Å². The van der Waals surface area contributed by atoms with Crippen molar-refractivity contribution in [1.29, 1.82) is 0 Å². The standard InChI is InChI=1S/C29H27BrN4O3/c1-21-7-11-24(12-8-21)33-29(36)34(20-19-31-28(35)32-23-13-9-22(30)10-14-23)25-15-17-27(18-16-25)37-26-5-3-2-4-6-26/h2-18H,19-20H2,1H3,(H,33,36)(H2,31,32,35). The van der Waals surface area contributed by atoms with Gasteiger partial charge in [0.2, 0.25) is 0 Å². The number of rotatable bonds is 8. The number of nitrogens with zero attached hydrogens (tertiary/aromatic N) is 1. The van der Waals surface area contributed by atoms with E-state index in [0.29, 0.717) is 22.8 Å². The smallest absolute Gasteiger partial charge is 0.326 e. The van der Waals surface area contributed by atoms with Crippen molar-refractivity contribution in [3.63, 3.8) is 0 Å². The maximum absolute atomic E-state index is 13.2. The largest absolute Gasteiger partial charge is 0.457 e. The van der Waals surface area contributed by atoms with Crippen LogP contribution in [0.2, 0.25) is 0 Å². The van der Waals surface area contributed by atoms with E-state index in [0.717, 1.165) is 15.8 Å². The third-order valence-electron chi connectivity index (χ3n) is 5.40. The Morgan fingerprint density at radius 1 is 0.757 bits per heavy atom. The number of aryl methyl sites for hydroxylation is 1. The van der Waals surface area contributed by atoms with Crippen molar-refractivity contribution in [3.8, 4) is 11.5 Å². The topological polar surface area (TPSA) is 82.7 Å². The van der Waals surface area contributed by atoms with Crippen LogP contribution in [0.15, 0.2) is 108 Å². The van der Waals surface area contributed by atoms with Crippen LogP contribution in [-0.2, 0) is 0 Å². The number of urea groups is 2. The highest BCUT2D eigenvalue weighted by Crippen LogP contribution is 2.25. The molecule has 0 bridgehead atoms. The molecule has 0 radical (unpaired) electrons. The van der Waals surface area contributed by atoms with E-state index in [9.17, 15) is 9.59 Å². The second-order valence-electron chi connectivity index (χ2n) is 8.24. The highest BCUT2D eigenvalue weighted by Gasteiger charge is 2.17. The lowest BCUT2D eigenvalue weighted by molar-refractivity contribution is 0.250. The number of ether oxygens (including phenoxy) is 1. The van der Waals surface area contributed by atoms with Gasteiger partial charge < -0.3 is 20.7 Å². The number of carbonyl (C=O) groups excluding carboxylic acids is 2.